The van der Waals surface area contributed by atoms with Crippen molar-refractivity contribution in [1.82, 2.24) is 0 Å². The summed E-state index contributed by atoms with van der Waals surface area (Å²) in [6.07, 6.45) is -6.96. The Kier molecular flexibility index (Phi) is 4.26. The van der Waals surface area contributed by atoms with Gasteiger partial charge in [0.2, 0.25) is 0 Å². The Balaban J connectivity index is 2.24. The van der Waals surface area contributed by atoms with E-state index in [1.165, 1.54) is 12.1 Å². The number of phenols is 1. The van der Waals surface area contributed by atoms with Crippen LogP contribution in [0, 0.1) is 0 Å². The molecule has 0 aromatic heterocycles. The number of hydrogen-bond donors (Lipinski definition) is 6. The van der Waals surface area contributed by atoms with Crippen molar-refractivity contribution in [1.29, 1.82) is 0 Å². The number of aliphatic hydroxyl groups is 5. The van der Waals surface area contributed by atoms with Crippen LogP contribution in [0.15, 0.2) is 30.0 Å². The second kappa shape index (κ2) is 5.78. The summed E-state index contributed by atoms with van der Waals surface area (Å²) in [4.78, 5) is 0. The number of rotatable bonds is 2. The van der Waals surface area contributed by atoms with Crippen LogP contribution in [0.4, 0.5) is 0 Å². The number of hydrogen-bond acceptors (Lipinski definition) is 7. The minimum absolute atomic E-state index is 0.0921. The molecule has 0 spiro atoms. The number of ether oxygens (including phenoxy) is 1. The largest absolute Gasteiger partial charge is 0.509 e. The molecule has 1 fully saturated rings. The van der Waals surface area contributed by atoms with Crippen LogP contribution in [0.1, 0.15) is 5.56 Å². The number of benzene rings is 1. The average molecular weight is 284 g/mol. The van der Waals surface area contributed by atoms with Gasteiger partial charge >= 0.3 is 0 Å². The molecule has 1 aromatic rings. The topological polar surface area (TPSA) is 131 Å². The molecule has 0 amide bonds. The third kappa shape index (κ3) is 2.77. The Morgan fingerprint density at radius 3 is 2.30 bits per heavy atom. The normalized spacial score (nSPS) is 35.0. The summed E-state index contributed by atoms with van der Waals surface area (Å²) in [5, 5.41) is 57.4. The Morgan fingerprint density at radius 2 is 1.65 bits per heavy atom. The highest BCUT2D eigenvalue weighted by Crippen LogP contribution is 2.26. The number of phenolic OH excluding ortho intramolecular Hbond substituents is 1. The first-order valence-electron chi connectivity index (χ1n) is 5.98. The molecule has 7 nitrogen and oxygen atoms in total. The molecule has 0 saturated carbocycles. The standard InChI is InChI=1S/C13H16O7/c14-7-4-2-1-3-6(7)5-8(15)12-10(17)9(16)11(18)13(19)20-12/h1-5,9-19H/t9-,10-,11+,12+,13?/m0/s1. The second-order valence-electron chi connectivity index (χ2n) is 4.55. The maximum Gasteiger partial charge on any atom is 0.184 e. The average Bonchev–Trinajstić information content (AvgIpc) is 2.43. The highest BCUT2D eigenvalue weighted by molar-refractivity contribution is 5.58. The Bertz CT molecular complexity index is 501. The van der Waals surface area contributed by atoms with Gasteiger partial charge in [-0.15, -0.1) is 0 Å². The summed E-state index contributed by atoms with van der Waals surface area (Å²) in [5.41, 5.74) is 0.274. The van der Waals surface area contributed by atoms with E-state index in [2.05, 4.69) is 0 Å². The fraction of sp³-hybridized carbons (Fsp3) is 0.385. The first-order chi connectivity index (χ1) is 9.41. The van der Waals surface area contributed by atoms with Crippen molar-refractivity contribution >= 4 is 6.08 Å². The Hall–Kier alpha value is -1.64. The summed E-state index contributed by atoms with van der Waals surface area (Å²) in [5.74, 6) is -0.588. The minimum atomic E-state index is -1.74. The fourth-order valence-corrected chi connectivity index (χ4v) is 1.96. The molecule has 0 bridgehead atoms. The van der Waals surface area contributed by atoms with Gasteiger partial charge in [0, 0.05) is 5.56 Å². The van der Waals surface area contributed by atoms with E-state index < -0.39 is 36.5 Å². The van der Waals surface area contributed by atoms with Crippen molar-refractivity contribution in [3.63, 3.8) is 0 Å². The highest BCUT2D eigenvalue weighted by Gasteiger charge is 2.44. The van der Waals surface area contributed by atoms with Gasteiger partial charge in [-0.25, -0.2) is 0 Å². The molecule has 20 heavy (non-hydrogen) atoms. The lowest BCUT2D eigenvalue weighted by molar-refractivity contribution is -0.277. The van der Waals surface area contributed by atoms with Crippen LogP contribution in [-0.4, -0.2) is 61.3 Å². The van der Waals surface area contributed by atoms with E-state index in [1.54, 1.807) is 12.1 Å². The summed E-state index contributed by atoms with van der Waals surface area (Å²) < 4.78 is 4.85. The molecule has 1 heterocycles. The molecule has 2 rings (SSSR count). The quantitative estimate of drug-likeness (QED) is 0.388. The SMILES string of the molecule is OC(=Cc1ccccc1O)[C@H]1OC(O)[C@H](O)[C@@H](O)[C@@H]1O. The van der Waals surface area contributed by atoms with Crippen LogP contribution in [0.2, 0.25) is 0 Å². The van der Waals surface area contributed by atoms with Crippen LogP contribution in [-0.2, 0) is 4.74 Å². The summed E-state index contributed by atoms with van der Waals surface area (Å²) in [7, 11) is 0. The molecule has 1 aliphatic rings. The zero-order valence-corrected chi connectivity index (χ0v) is 10.4. The molecule has 110 valence electrons. The second-order valence-corrected chi connectivity index (χ2v) is 4.55. The summed E-state index contributed by atoms with van der Waals surface area (Å²) >= 11 is 0. The van der Waals surface area contributed by atoms with Gasteiger partial charge in [0.15, 0.2) is 6.29 Å². The first kappa shape index (κ1) is 14.8. The van der Waals surface area contributed by atoms with Gasteiger partial charge in [0.25, 0.3) is 0 Å². The first-order valence-corrected chi connectivity index (χ1v) is 5.98. The summed E-state index contributed by atoms with van der Waals surface area (Å²) in [6.45, 7) is 0. The molecule has 0 aliphatic carbocycles. The monoisotopic (exact) mass is 284 g/mol. The maximum atomic E-state index is 9.91. The molecule has 1 unspecified atom stereocenters. The summed E-state index contributed by atoms with van der Waals surface area (Å²) in [6, 6.07) is 6.15. The number of para-hydroxylation sites is 1. The molecule has 7 heteroatoms. The van der Waals surface area contributed by atoms with Crippen molar-refractivity contribution in [2.24, 2.45) is 0 Å². The Labute approximate surface area is 114 Å². The molecule has 6 N–H and O–H groups in total. The van der Waals surface area contributed by atoms with Gasteiger partial charge in [0.05, 0.1) is 0 Å². The van der Waals surface area contributed by atoms with E-state index >= 15 is 0 Å². The van der Waals surface area contributed by atoms with Crippen LogP contribution >= 0.6 is 0 Å². The molecule has 5 atom stereocenters. The van der Waals surface area contributed by atoms with Crippen molar-refractivity contribution in [2.45, 2.75) is 30.7 Å². The van der Waals surface area contributed by atoms with E-state index in [9.17, 15) is 30.6 Å². The van der Waals surface area contributed by atoms with Crippen LogP contribution in [0.3, 0.4) is 0 Å². The van der Waals surface area contributed by atoms with Gasteiger partial charge in [-0.1, -0.05) is 18.2 Å². The zero-order chi connectivity index (χ0) is 14.9. The van der Waals surface area contributed by atoms with Crippen molar-refractivity contribution < 1.29 is 35.4 Å². The third-order valence-electron chi connectivity index (χ3n) is 3.12. The van der Waals surface area contributed by atoms with E-state index in [4.69, 9.17) is 4.74 Å². The molecule has 1 saturated heterocycles. The van der Waals surface area contributed by atoms with Crippen LogP contribution in [0.25, 0.3) is 6.08 Å². The minimum Gasteiger partial charge on any atom is -0.509 e. The van der Waals surface area contributed by atoms with Gasteiger partial charge in [-0.2, -0.15) is 0 Å². The van der Waals surface area contributed by atoms with E-state index in [-0.39, 0.29) is 11.3 Å². The smallest absolute Gasteiger partial charge is 0.184 e. The molecular formula is C13H16O7. The number of aliphatic hydroxyl groups excluding tert-OH is 5. The van der Waals surface area contributed by atoms with Gasteiger partial charge in [0.1, 0.15) is 35.9 Å². The van der Waals surface area contributed by atoms with E-state index in [0.717, 1.165) is 6.08 Å². The van der Waals surface area contributed by atoms with E-state index in [1.807, 2.05) is 0 Å². The lowest BCUT2D eigenvalue weighted by Crippen LogP contribution is -2.57. The molecule has 1 aromatic carbocycles. The van der Waals surface area contributed by atoms with Crippen LogP contribution < -0.4 is 0 Å². The van der Waals surface area contributed by atoms with Crippen molar-refractivity contribution in [3.05, 3.63) is 35.6 Å². The van der Waals surface area contributed by atoms with Gasteiger partial charge in [-0.3, -0.25) is 0 Å². The molecule has 0 radical (unpaired) electrons. The highest BCUT2D eigenvalue weighted by atomic mass is 16.6. The zero-order valence-electron chi connectivity index (χ0n) is 10.4. The molecule has 1 aliphatic heterocycles. The van der Waals surface area contributed by atoms with Gasteiger partial charge < -0.3 is 35.4 Å². The van der Waals surface area contributed by atoms with Gasteiger partial charge in [-0.05, 0) is 12.1 Å². The number of aromatic hydroxyl groups is 1. The van der Waals surface area contributed by atoms with Crippen LogP contribution in [0.5, 0.6) is 5.75 Å². The predicted molar refractivity (Wildman–Crippen MR) is 67.6 cm³/mol. The van der Waals surface area contributed by atoms with E-state index in [0.29, 0.717) is 0 Å². The molecular weight excluding hydrogens is 268 g/mol. The predicted octanol–water partition coefficient (Wildman–Crippen LogP) is -0.909. The lowest BCUT2D eigenvalue weighted by Gasteiger charge is -2.37. The van der Waals surface area contributed by atoms with Crippen molar-refractivity contribution in [2.75, 3.05) is 0 Å². The fourth-order valence-electron chi connectivity index (χ4n) is 1.96. The lowest BCUT2D eigenvalue weighted by atomic mass is 9.97. The maximum absolute atomic E-state index is 9.91. The third-order valence-corrected chi connectivity index (χ3v) is 3.12. The Morgan fingerprint density at radius 1 is 1.00 bits per heavy atom. The van der Waals surface area contributed by atoms with Crippen molar-refractivity contribution in [3.8, 4) is 5.75 Å².